The third kappa shape index (κ3) is 4.94. The third-order valence-electron chi connectivity index (χ3n) is 6.43. The van der Waals surface area contributed by atoms with Crippen LogP contribution in [0.2, 0.25) is 0 Å². The molecule has 5 nitrogen and oxygen atoms in total. The maximum Gasteiger partial charge on any atom is 0.227 e. The first kappa shape index (κ1) is 21.1. The topological polar surface area (TPSA) is 52.7 Å². The van der Waals surface area contributed by atoms with Gasteiger partial charge in [0.2, 0.25) is 11.8 Å². The van der Waals surface area contributed by atoms with E-state index in [1.165, 1.54) is 37.2 Å². The van der Waals surface area contributed by atoms with Crippen molar-refractivity contribution < 1.29 is 9.59 Å². The lowest BCUT2D eigenvalue weighted by Crippen LogP contribution is -2.56. The van der Waals surface area contributed by atoms with Crippen LogP contribution in [0.5, 0.6) is 0 Å². The molecule has 0 atom stereocenters. The molecule has 0 aromatic heterocycles. The summed E-state index contributed by atoms with van der Waals surface area (Å²) < 4.78 is 0. The number of para-hydroxylation sites is 1. The van der Waals surface area contributed by atoms with Crippen molar-refractivity contribution in [1.29, 1.82) is 0 Å². The van der Waals surface area contributed by atoms with Crippen LogP contribution in [0.4, 0.5) is 5.69 Å². The largest absolute Gasteiger partial charge is 0.354 e. The van der Waals surface area contributed by atoms with Gasteiger partial charge >= 0.3 is 0 Å². The molecule has 1 N–H and O–H groups in total. The van der Waals surface area contributed by atoms with E-state index in [2.05, 4.69) is 16.3 Å². The van der Waals surface area contributed by atoms with Gasteiger partial charge in [-0.3, -0.25) is 14.5 Å². The van der Waals surface area contributed by atoms with Crippen LogP contribution in [0.25, 0.3) is 0 Å². The van der Waals surface area contributed by atoms with E-state index in [0.29, 0.717) is 0 Å². The van der Waals surface area contributed by atoms with Crippen molar-refractivity contribution >= 4 is 41.0 Å². The molecule has 0 radical (unpaired) electrons. The summed E-state index contributed by atoms with van der Waals surface area (Å²) in [5, 5.41) is 3.18. The maximum absolute atomic E-state index is 12.8. The van der Waals surface area contributed by atoms with Crippen LogP contribution in [0.3, 0.4) is 0 Å². The van der Waals surface area contributed by atoms with Gasteiger partial charge in [-0.1, -0.05) is 25.0 Å². The molecule has 1 aliphatic carbocycles. The van der Waals surface area contributed by atoms with Crippen molar-refractivity contribution in [2.45, 2.75) is 49.0 Å². The van der Waals surface area contributed by atoms with Gasteiger partial charge in [-0.05, 0) is 25.0 Å². The molecule has 3 aliphatic rings. The van der Waals surface area contributed by atoms with Gasteiger partial charge in [0.15, 0.2) is 0 Å². The fourth-order valence-electron chi connectivity index (χ4n) is 4.81. The zero-order chi connectivity index (χ0) is 20.1. The van der Waals surface area contributed by atoms with Crippen LogP contribution in [0.15, 0.2) is 29.2 Å². The highest BCUT2D eigenvalue weighted by molar-refractivity contribution is 7.99. The van der Waals surface area contributed by atoms with Crippen molar-refractivity contribution in [3.05, 3.63) is 24.3 Å². The molecule has 2 aliphatic heterocycles. The highest BCUT2D eigenvalue weighted by atomic mass is 32.2. The fraction of sp³-hybridized carbons (Fsp3) is 0.636. The van der Waals surface area contributed by atoms with E-state index in [0.717, 1.165) is 42.5 Å². The van der Waals surface area contributed by atoms with E-state index in [1.807, 2.05) is 34.9 Å². The lowest BCUT2D eigenvalue weighted by Gasteiger charge is -2.43. The number of benzene rings is 1. The molecule has 1 aromatic rings. The Balaban J connectivity index is 1.28. The minimum atomic E-state index is 0.00989. The van der Waals surface area contributed by atoms with Crippen LogP contribution < -0.4 is 10.2 Å². The first-order valence-corrected chi connectivity index (χ1v) is 12.9. The number of hydrogen-bond donors (Lipinski definition) is 1. The predicted molar refractivity (Wildman–Crippen MR) is 122 cm³/mol. The van der Waals surface area contributed by atoms with Gasteiger partial charge in [0.1, 0.15) is 0 Å². The molecule has 1 saturated carbocycles. The molecule has 1 saturated heterocycles. The Labute approximate surface area is 182 Å². The van der Waals surface area contributed by atoms with Gasteiger partial charge in [0.25, 0.3) is 0 Å². The van der Waals surface area contributed by atoms with Crippen molar-refractivity contribution in [3.63, 3.8) is 0 Å². The number of hydrogen-bond acceptors (Lipinski definition) is 5. The Bertz CT molecular complexity index is 731. The Morgan fingerprint density at radius 1 is 1.00 bits per heavy atom. The highest BCUT2D eigenvalue weighted by Crippen LogP contribution is 2.36. The standard InChI is InChI=1S/C22H31N3O2S2/c26-20(23-17-22(9-3-4-10-22)24-11-14-28-15-12-24)7-8-21(27)25-13-16-29-19-6-2-1-5-18(19)25/h1-2,5-6H,3-4,7-17H2,(H,23,26). The minimum Gasteiger partial charge on any atom is -0.354 e. The smallest absolute Gasteiger partial charge is 0.227 e. The van der Waals surface area contributed by atoms with E-state index < -0.39 is 0 Å². The SMILES string of the molecule is O=C(CCC(=O)N1CCSc2ccccc21)NCC1(N2CCSCC2)CCCC1. The molecule has 29 heavy (non-hydrogen) atoms. The van der Waals surface area contributed by atoms with E-state index >= 15 is 0 Å². The number of rotatable bonds is 6. The molecule has 0 bridgehead atoms. The molecule has 2 amide bonds. The van der Waals surface area contributed by atoms with Gasteiger partial charge < -0.3 is 10.2 Å². The number of fused-ring (bicyclic) bond motifs is 1. The second kappa shape index (κ2) is 9.75. The van der Waals surface area contributed by atoms with Gasteiger partial charge in [-0.25, -0.2) is 0 Å². The van der Waals surface area contributed by atoms with Crippen LogP contribution in [-0.4, -0.2) is 65.7 Å². The summed E-state index contributed by atoms with van der Waals surface area (Å²) in [4.78, 5) is 30.9. The zero-order valence-corrected chi connectivity index (χ0v) is 18.7. The molecule has 158 valence electrons. The average Bonchev–Trinajstić information content (AvgIpc) is 3.26. The van der Waals surface area contributed by atoms with Gasteiger partial charge in [0.05, 0.1) is 5.69 Å². The second-order valence-electron chi connectivity index (χ2n) is 8.17. The van der Waals surface area contributed by atoms with Crippen molar-refractivity contribution in [3.8, 4) is 0 Å². The van der Waals surface area contributed by atoms with Crippen molar-refractivity contribution in [2.75, 3.05) is 48.3 Å². The Morgan fingerprint density at radius 2 is 1.76 bits per heavy atom. The summed E-state index contributed by atoms with van der Waals surface area (Å²) in [6.07, 6.45) is 5.42. The Kier molecular flexibility index (Phi) is 7.08. The first-order chi connectivity index (χ1) is 14.2. The number of nitrogens with one attached hydrogen (secondary N) is 1. The summed E-state index contributed by atoms with van der Waals surface area (Å²) in [7, 11) is 0. The zero-order valence-electron chi connectivity index (χ0n) is 17.0. The maximum atomic E-state index is 12.8. The molecule has 7 heteroatoms. The van der Waals surface area contributed by atoms with E-state index in [-0.39, 0.29) is 30.2 Å². The number of carbonyl (C=O) groups is 2. The quantitative estimate of drug-likeness (QED) is 0.745. The van der Waals surface area contributed by atoms with Crippen LogP contribution in [-0.2, 0) is 9.59 Å². The number of amides is 2. The third-order valence-corrected chi connectivity index (χ3v) is 8.41. The van der Waals surface area contributed by atoms with Crippen molar-refractivity contribution in [1.82, 2.24) is 10.2 Å². The van der Waals surface area contributed by atoms with Gasteiger partial charge in [-0.2, -0.15) is 11.8 Å². The molecular weight excluding hydrogens is 402 g/mol. The van der Waals surface area contributed by atoms with Gasteiger partial charge in [-0.15, -0.1) is 11.8 Å². The summed E-state index contributed by atoms with van der Waals surface area (Å²) in [5.74, 6) is 3.36. The molecular formula is C22H31N3O2S2. The molecule has 2 heterocycles. The van der Waals surface area contributed by atoms with Crippen LogP contribution in [0, 0.1) is 0 Å². The molecule has 1 aromatic carbocycles. The molecule has 0 unspecified atom stereocenters. The molecule has 0 spiro atoms. The lowest BCUT2D eigenvalue weighted by molar-refractivity contribution is -0.125. The molecule has 4 rings (SSSR count). The number of nitrogens with zero attached hydrogens (tertiary/aromatic N) is 2. The Hall–Kier alpha value is -1.18. The summed E-state index contributed by atoms with van der Waals surface area (Å²) in [6, 6.07) is 8.04. The van der Waals surface area contributed by atoms with E-state index in [1.54, 1.807) is 11.8 Å². The molecule has 2 fully saturated rings. The van der Waals surface area contributed by atoms with E-state index in [4.69, 9.17) is 0 Å². The summed E-state index contributed by atoms with van der Waals surface area (Å²) in [5.41, 5.74) is 1.13. The summed E-state index contributed by atoms with van der Waals surface area (Å²) >= 11 is 3.82. The lowest BCUT2D eigenvalue weighted by atomic mass is 9.94. The van der Waals surface area contributed by atoms with Crippen LogP contribution >= 0.6 is 23.5 Å². The predicted octanol–water partition coefficient (Wildman–Crippen LogP) is 3.38. The summed E-state index contributed by atoms with van der Waals surface area (Å²) in [6.45, 7) is 3.71. The normalized spacial score (nSPS) is 21.6. The Morgan fingerprint density at radius 3 is 2.55 bits per heavy atom. The van der Waals surface area contributed by atoms with Crippen LogP contribution in [0.1, 0.15) is 38.5 Å². The monoisotopic (exact) mass is 433 g/mol. The van der Waals surface area contributed by atoms with E-state index in [9.17, 15) is 9.59 Å². The van der Waals surface area contributed by atoms with Gasteiger partial charge in [0, 0.05) is 66.7 Å². The first-order valence-electron chi connectivity index (χ1n) is 10.8. The highest BCUT2D eigenvalue weighted by Gasteiger charge is 2.40. The number of anilines is 1. The number of carbonyl (C=O) groups excluding carboxylic acids is 2. The van der Waals surface area contributed by atoms with Crippen molar-refractivity contribution in [2.24, 2.45) is 0 Å². The average molecular weight is 434 g/mol. The minimum absolute atomic E-state index is 0.00989. The fourth-order valence-corrected chi connectivity index (χ4v) is 6.71. The second-order valence-corrected chi connectivity index (χ2v) is 10.5. The number of thioether (sulfide) groups is 2.